The van der Waals surface area contributed by atoms with Gasteiger partial charge in [-0.2, -0.15) is 0 Å². The van der Waals surface area contributed by atoms with Crippen molar-refractivity contribution >= 4 is 21.6 Å². The molecular formula is C25H34N2O4S. The first-order chi connectivity index (χ1) is 14.8. The normalized spacial score (nSPS) is 17.5. The third-order valence-corrected chi connectivity index (χ3v) is 7.76. The molecule has 0 saturated heterocycles. The minimum atomic E-state index is -3.89. The lowest BCUT2D eigenvalue weighted by Crippen LogP contribution is -2.52. The number of anilines is 1. The fraction of sp³-hybridized carbons (Fsp3) is 0.480. The molecule has 7 heteroatoms. The van der Waals surface area contributed by atoms with Crippen LogP contribution in [-0.4, -0.2) is 33.0 Å². The summed E-state index contributed by atoms with van der Waals surface area (Å²) in [4.78, 5) is 13.1. The Morgan fingerprint density at radius 2 is 1.72 bits per heavy atom. The summed E-state index contributed by atoms with van der Waals surface area (Å²) >= 11 is 0. The molecule has 1 heterocycles. The van der Waals surface area contributed by atoms with Crippen molar-refractivity contribution in [2.24, 2.45) is 5.92 Å². The Labute approximate surface area is 192 Å². The van der Waals surface area contributed by atoms with Gasteiger partial charge >= 0.3 is 0 Å². The lowest BCUT2D eigenvalue weighted by atomic mass is 9.86. The zero-order valence-electron chi connectivity index (χ0n) is 20.0. The van der Waals surface area contributed by atoms with Crippen LogP contribution in [0, 0.1) is 12.8 Å². The average molecular weight is 459 g/mol. The van der Waals surface area contributed by atoms with Gasteiger partial charge in [0.15, 0.2) is 6.10 Å². The Bertz CT molecular complexity index is 1090. The molecule has 0 fully saturated rings. The average Bonchev–Trinajstić information content (AvgIpc) is 2.71. The Hall–Kier alpha value is -2.54. The first-order valence-electron chi connectivity index (χ1n) is 11.0. The number of hydrogen-bond acceptors (Lipinski definition) is 4. The Balaban J connectivity index is 2.06. The maximum absolute atomic E-state index is 13.7. The highest BCUT2D eigenvalue weighted by Crippen LogP contribution is 2.40. The third kappa shape index (κ3) is 4.93. The molecule has 1 aliphatic rings. The molecule has 32 heavy (non-hydrogen) atoms. The molecule has 0 aromatic heterocycles. The second-order valence-corrected chi connectivity index (χ2v) is 11.8. The van der Waals surface area contributed by atoms with Crippen LogP contribution in [0.25, 0.3) is 0 Å². The van der Waals surface area contributed by atoms with Crippen LogP contribution in [0.1, 0.15) is 52.7 Å². The number of rotatable bonds is 5. The number of hydrogen-bond donors (Lipinski definition) is 1. The highest BCUT2D eigenvalue weighted by molar-refractivity contribution is 7.92. The number of carbonyl (C=O) groups excluding carboxylic acids is 1. The van der Waals surface area contributed by atoms with E-state index >= 15 is 0 Å². The van der Waals surface area contributed by atoms with E-state index < -0.39 is 16.1 Å². The monoisotopic (exact) mass is 458 g/mol. The second kappa shape index (κ2) is 8.77. The van der Waals surface area contributed by atoms with Crippen LogP contribution in [0.15, 0.2) is 47.4 Å². The highest BCUT2D eigenvalue weighted by atomic mass is 32.2. The molecule has 2 atom stereocenters. The van der Waals surface area contributed by atoms with Crippen LogP contribution in [0.2, 0.25) is 0 Å². The fourth-order valence-corrected chi connectivity index (χ4v) is 4.87. The molecule has 2 aromatic rings. The molecule has 0 aliphatic carbocycles. The summed E-state index contributed by atoms with van der Waals surface area (Å²) in [7, 11) is -3.89. The molecule has 3 rings (SSSR count). The molecule has 0 unspecified atom stereocenters. The van der Waals surface area contributed by atoms with Gasteiger partial charge in [-0.3, -0.25) is 9.10 Å². The van der Waals surface area contributed by atoms with Crippen molar-refractivity contribution in [2.75, 3.05) is 10.8 Å². The standard InChI is InChI=1S/C25H34N2O4S/c1-16(2)18(4)26-24(28)23-15-27(32(29,30)20-11-8-17(3)9-12-20)21-14-19(25(5,6)7)10-13-22(21)31-23/h8-14,16,18,23H,15H2,1-7H3,(H,26,28)/t18-,23-/m1/s1. The summed E-state index contributed by atoms with van der Waals surface area (Å²) in [5.41, 5.74) is 2.25. The summed E-state index contributed by atoms with van der Waals surface area (Å²) in [5.74, 6) is 0.315. The summed E-state index contributed by atoms with van der Waals surface area (Å²) in [6.45, 7) is 14.0. The molecule has 0 bridgehead atoms. The number of benzene rings is 2. The second-order valence-electron chi connectivity index (χ2n) is 9.93. The molecule has 1 amide bonds. The molecular weight excluding hydrogens is 424 g/mol. The predicted molar refractivity (Wildman–Crippen MR) is 128 cm³/mol. The molecule has 1 aliphatic heterocycles. The fourth-order valence-electron chi connectivity index (χ4n) is 3.40. The molecule has 0 spiro atoms. The van der Waals surface area contributed by atoms with E-state index in [1.165, 1.54) is 4.31 Å². The number of nitrogens with one attached hydrogen (secondary N) is 1. The van der Waals surface area contributed by atoms with Crippen molar-refractivity contribution in [3.05, 3.63) is 53.6 Å². The quantitative estimate of drug-likeness (QED) is 0.720. The van der Waals surface area contributed by atoms with E-state index in [4.69, 9.17) is 4.74 Å². The van der Waals surface area contributed by atoms with Crippen molar-refractivity contribution in [2.45, 2.75) is 70.9 Å². The minimum Gasteiger partial charge on any atom is -0.476 e. The van der Waals surface area contributed by atoms with Crippen LogP contribution < -0.4 is 14.4 Å². The van der Waals surface area contributed by atoms with E-state index in [1.54, 1.807) is 30.3 Å². The largest absolute Gasteiger partial charge is 0.476 e. The number of sulfonamides is 1. The minimum absolute atomic E-state index is 0.0575. The van der Waals surface area contributed by atoms with Gasteiger partial charge in [-0.05, 0) is 55.0 Å². The topological polar surface area (TPSA) is 75.7 Å². The molecule has 0 saturated carbocycles. The summed E-state index contributed by atoms with van der Waals surface area (Å²) in [6, 6.07) is 12.2. The zero-order chi connectivity index (χ0) is 23.8. The summed E-state index contributed by atoms with van der Waals surface area (Å²) < 4.78 is 34.6. The van der Waals surface area contributed by atoms with Gasteiger partial charge in [0.05, 0.1) is 17.1 Å². The number of aryl methyl sites for hydroxylation is 1. The molecule has 1 N–H and O–H groups in total. The summed E-state index contributed by atoms with van der Waals surface area (Å²) in [6.07, 6.45) is -0.940. The van der Waals surface area contributed by atoms with Gasteiger partial charge in [0.1, 0.15) is 5.75 Å². The lowest BCUT2D eigenvalue weighted by molar-refractivity contribution is -0.128. The van der Waals surface area contributed by atoms with E-state index in [9.17, 15) is 13.2 Å². The van der Waals surface area contributed by atoms with E-state index in [1.807, 2.05) is 39.8 Å². The lowest BCUT2D eigenvalue weighted by Gasteiger charge is -2.36. The first kappa shape index (κ1) is 24.1. The Kier molecular flexibility index (Phi) is 6.61. The van der Waals surface area contributed by atoms with Crippen molar-refractivity contribution in [3.8, 4) is 5.75 Å². The van der Waals surface area contributed by atoms with Crippen LogP contribution in [0.5, 0.6) is 5.75 Å². The third-order valence-electron chi connectivity index (χ3n) is 5.97. The van der Waals surface area contributed by atoms with Gasteiger partial charge in [0.25, 0.3) is 15.9 Å². The van der Waals surface area contributed by atoms with Crippen LogP contribution in [-0.2, 0) is 20.2 Å². The van der Waals surface area contributed by atoms with E-state index in [0.29, 0.717) is 11.4 Å². The van der Waals surface area contributed by atoms with Gasteiger partial charge in [-0.25, -0.2) is 8.42 Å². The van der Waals surface area contributed by atoms with Crippen LogP contribution in [0.3, 0.4) is 0 Å². The van der Waals surface area contributed by atoms with Crippen molar-refractivity contribution in [1.82, 2.24) is 5.32 Å². The molecule has 2 aromatic carbocycles. The molecule has 0 radical (unpaired) electrons. The number of ether oxygens (including phenoxy) is 1. The van der Waals surface area contributed by atoms with Gasteiger partial charge in [0, 0.05) is 6.04 Å². The predicted octanol–water partition coefficient (Wildman–Crippen LogP) is 4.41. The summed E-state index contributed by atoms with van der Waals surface area (Å²) in [5, 5.41) is 2.95. The molecule has 6 nitrogen and oxygen atoms in total. The number of fused-ring (bicyclic) bond motifs is 1. The maximum atomic E-state index is 13.7. The first-order valence-corrected chi connectivity index (χ1v) is 12.5. The number of amides is 1. The Morgan fingerprint density at radius 1 is 1.09 bits per heavy atom. The van der Waals surface area contributed by atoms with Crippen molar-refractivity contribution in [1.29, 1.82) is 0 Å². The highest BCUT2D eigenvalue weighted by Gasteiger charge is 2.38. The van der Waals surface area contributed by atoms with Gasteiger partial charge in [0.2, 0.25) is 0 Å². The van der Waals surface area contributed by atoms with E-state index in [2.05, 4.69) is 26.1 Å². The van der Waals surface area contributed by atoms with E-state index in [0.717, 1.165) is 11.1 Å². The van der Waals surface area contributed by atoms with Gasteiger partial charge < -0.3 is 10.1 Å². The van der Waals surface area contributed by atoms with Crippen molar-refractivity contribution in [3.63, 3.8) is 0 Å². The smallest absolute Gasteiger partial charge is 0.264 e. The molecule has 174 valence electrons. The van der Waals surface area contributed by atoms with Crippen molar-refractivity contribution < 1.29 is 17.9 Å². The van der Waals surface area contributed by atoms with Crippen LogP contribution in [0.4, 0.5) is 5.69 Å². The maximum Gasteiger partial charge on any atom is 0.264 e. The Morgan fingerprint density at radius 3 is 2.28 bits per heavy atom. The number of carbonyl (C=O) groups is 1. The number of nitrogens with zero attached hydrogens (tertiary/aromatic N) is 1. The van der Waals surface area contributed by atoms with Gasteiger partial charge in [-0.1, -0.05) is 58.4 Å². The zero-order valence-corrected chi connectivity index (χ0v) is 20.8. The van der Waals surface area contributed by atoms with E-state index in [-0.39, 0.29) is 34.7 Å². The van der Waals surface area contributed by atoms with Gasteiger partial charge in [-0.15, -0.1) is 0 Å². The SMILES string of the molecule is Cc1ccc(S(=O)(=O)N2C[C@H](C(=O)N[C@H](C)C(C)C)Oc3ccc(C(C)(C)C)cc32)cc1. The van der Waals surface area contributed by atoms with Crippen LogP contribution >= 0.6 is 0 Å².